The standard InChI is InChI=1S/C20H34O6S.Na.H/c1-9-23-20(8,24-10-2)27(21,22)26-25-17-14-12-11-13-16(17)19(6,7)15-18(3,4)5;;/h11-14H,9-10,15H2,1-8H3;;/q;+1;-1. The van der Waals surface area contributed by atoms with Crippen molar-refractivity contribution in [3.8, 4) is 5.75 Å². The van der Waals surface area contributed by atoms with E-state index in [1.807, 2.05) is 12.1 Å². The molecular formula is C20H35NaO6S. The van der Waals surface area contributed by atoms with E-state index in [4.69, 9.17) is 18.7 Å². The third-order valence-corrected chi connectivity index (χ3v) is 5.46. The molecule has 0 amide bonds. The molecular weight excluding hydrogens is 391 g/mol. The molecule has 0 N–H and O–H groups in total. The summed E-state index contributed by atoms with van der Waals surface area (Å²) < 4.78 is 40.6. The van der Waals surface area contributed by atoms with E-state index in [0.717, 1.165) is 12.0 Å². The third kappa shape index (κ3) is 7.59. The van der Waals surface area contributed by atoms with Crippen LogP contribution in [0.3, 0.4) is 0 Å². The van der Waals surface area contributed by atoms with E-state index in [-0.39, 0.29) is 55.0 Å². The van der Waals surface area contributed by atoms with Gasteiger partial charge in [0.1, 0.15) is 0 Å². The van der Waals surface area contributed by atoms with Crippen LogP contribution in [0.25, 0.3) is 0 Å². The van der Waals surface area contributed by atoms with E-state index in [9.17, 15) is 8.42 Å². The summed E-state index contributed by atoms with van der Waals surface area (Å²) in [5, 5.41) is -1.94. The predicted octanol–water partition coefficient (Wildman–Crippen LogP) is 1.90. The van der Waals surface area contributed by atoms with Gasteiger partial charge in [0.25, 0.3) is 5.12 Å². The molecule has 1 aromatic rings. The molecule has 0 aliphatic carbocycles. The Morgan fingerprint density at radius 2 is 1.43 bits per heavy atom. The SMILES string of the molecule is CCOC(C)(OCC)S(=O)(=O)OOc1ccccc1C(C)(C)CC(C)(C)C.[H-].[Na+]. The monoisotopic (exact) mass is 426 g/mol. The van der Waals surface area contributed by atoms with E-state index in [0.29, 0.717) is 5.75 Å². The Balaban J connectivity index is 0. The molecule has 158 valence electrons. The van der Waals surface area contributed by atoms with Crippen molar-refractivity contribution in [2.45, 2.75) is 72.3 Å². The molecule has 0 radical (unpaired) electrons. The number of rotatable bonds is 10. The molecule has 0 bridgehead atoms. The van der Waals surface area contributed by atoms with E-state index >= 15 is 0 Å². The minimum absolute atomic E-state index is 0. The van der Waals surface area contributed by atoms with Crippen LogP contribution in [0.2, 0.25) is 0 Å². The third-order valence-electron chi connectivity index (χ3n) is 4.07. The van der Waals surface area contributed by atoms with Crippen molar-refractivity contribution in [3.63, 3.8) is 0 Å². The smallest absolute Gasteiger partial charge is 1.00 e. The van der Waals surface area contributed by atoms with Gasteiger partial charge in [-0.25, -0.2) is 0 Å². The van der Waals surface area contributed by atoms with Crippen LogP contribution >= 0.6 is 0 Å². The molecule has 6 nitrogen and oxygen atoms in total. The van der Waals surface area contributed by atoms with Crippen molar-refractivity contribution in [3.05, 3.63) is 29.8 Å². The molecule has 0 fully saturated rings. The summed E-state index contributed by atoms with van der Waals surface area (Å²) in [4.78, 5) is 5.29. The average molecular weight is 427 g/mol. The zero-order chi connectivity index (χ0) is 20.9. The van der Waals surface area contributed by atoms with Crippen molar-refractivity contribution in [2.24, 2.45) is 5.41 Å². The summed E-state index contributed by atoms with van der Waals surface area (Å²) in [5.74, 6) is 0.352. The zero-order valence-electron chi connectivity index (χ0n) is 19.8. The Hall–Kier alpha value is -0.150. The van der Waals surface area contributed by atoms with Crippen LogP contribution < -0.4 is 34.4 Å². The van der Waals surface area contributed by atoms with Crippen LogP contribution in [0, 0.1) is 5.41 Å². The summed E-state index contributed by atoms with van der Waals surface area (Å²) in [6, 6.07) is 7.27. The maximum atomic E-state index is 12.6. The molecule has 8 heteroatoms. The minimum atomic E-state index is -4.31. The molecule has 0 heterocycles. The van der Waals surface area contributed by atoms with Crippen LogP contribution in [0.15, 0.2) is 24.3 Å². The van der Waals surface area contributed by atoms with Crippen LogP contribution in [0.5, 0.6) is 5.75 Å². The van der Waals surface area contributed by atoms with Gasteiger partial charge in [-0.05, 0) is 37.2 Å². The van der Waals surface area contributed by atoms with Gasteiger partial charge < -0.3 is 15.8 Å². The molecule has 28 heavy (non-hydrogen) atoms. The topological polar surface area (TPSA) is 71.1 Å². The fourth-order valence-corrected chi connectivity index (χ4v) is 4.18. The molecule has 0 aliphatic heterocycles. The first-order valence-corrected chi connectivity index (χ1v) is 10.7. The van der Waals surface area contributed by atoms with Crippen LogP contribution in [-0.2, 0) is 29.3 Å². The largest absolute Gasteiger partial charge is 1.00 e. The summed E-state index contributed by atoms with van der Waals surface area (Å²) in [7, 11) is -4.31. The van der Waals surface area contributed by atoms with Crippen molar-refractivity contribution >= 4 is 10.1 Å². The first-order valence-electron chi connectivity index (χ1n) is 9.26. The predicted molar refractivity (Wildman–Crippen MR) is 107 cm³/mol. The van der Waals surface area contributed by atoms with Gasteiger partial charge in [-0.2, -0.15) is 8.42 Å². The quantitative estimate of drug-likeness (QED) is 0.246. The molecule has 0 saturated heterocycles. The van der Waals surface area contributed by atoms with Gasteiger partial charge in [-0.15, -0.1) is 0 Å². The van der Waals surface area contributed by atoms with Crippen molar-refractivity contribution in [1.82, 2.24) is 0 Å². The van der Waals surface area contributed by atoms with Gasteiger partial charge in [0.15, 0.2) is 5.75 Å². The second-order valence-corrected chi connectivity index (χ2v) is 10.2. The second kappa shape index (κ2) is 10.8. The maximum Gasteiger partial charge on any atom is 1.00 e. The molecule has 0 aliphatic rings. The van der Waals surface area contributed by atoms with Gasteiger partial charge in [-0.1, -0.05) is 57.2 Å². The van der Waals surface area contributed by atoms with E-state index in [2.05, 4.69) is 34.6 Å². The summed E-state index contributed by atoms with van der Waals surface area (Å²) in [5.41, 5.74) is 0.710. The molecule has 0 unspecified atom stereocenters. The summed E-state index contributed by atoms with van der Waals surface area (Å²) in [6.07, 6.45) is 0.878. The number of ether oxygens (including phenoxy) is 2. The first-order chi connectivity index (χ1) is 12.3. The number of hydrogen-bond acceptors (Lipinski definition) is 6. The maximum absolute atomic E-state index is 12.6. The molecule has 1 aromatic carbocycles. The fourth-order valence-electron chi connectivity index (χ4n) is 3.37. The number of benzene rings is 1. The molecule has 0 aromatic heterocycles. The normalized spacial score (nSPS) is 13.1. The number of hydrogen-bond donors (Lipinski definition) is 0. The fraction of sp³-hybridized carbons (Fsp3) is 0.700. The average Bonchev–Trinajstić information content (AvgIpc) is 2.51. The van der Waals surface area contributed by atoms with Gasteiger partial charge in [0.05, 0.1) is 0 Å². The Labute approximate surface area is 194 Å². The van der Waals surface area contributed by atoms with Gasteiger partial charge in [-0.3, -0.25) is 0 Å². The van der Waals surface area contributed by atoms with Gasteiger partial charge in [0.2, 0.25) is 0 Å². The van der Waals surface area contributed by atoms with E-state index < -0.39 is 15.2 Å². The van der Waals surface area contributed by atoms with Crippen molar-refractivity contribution < 1.29 is 58.1 Å². The first kappa shape index (κ1) is 27.8. The summed E-state index contributed by atoms with van der Waals surface area (Å²) >= 11 is 0. The van der Waals surface area contributed by atoms with Crippen LogP contribution in [0.4, 0.5) is 0 Å². The number of para-hydroxylation sites is 1. The Kier molecular flexibility index (Phi) is 10.7. The zero-order valence-corrected chi connectivity index (χ0v) is 21.6. The molecule has 0 spiro atoms. The minimum Gasteiger partial charge on any atom is -1.00 e. The Morgan fingerprint density at radius 3 is 1.89 bits per heavy atom. The Morgan fingerprint density at radius 1 is 0.929 bits per heavy atom. The van der Waals surface area contributed by atoms with Crippen LogP contribution in [0.1, 0.15) is 68.8 Å². The van der Waals surface area contributed by atoms with Crippen molar-refractivity contribution in [1.29, 1.82) is 0 Å². The van der Waals surface area contributed by atoms with E-state index in [1.165, 1.54) is 6.92 Å². The van der Waals surface area contributed by atoms with Gasteiger partial charge >= 0.3 is 39.7 Å². The van der Waals surface area contributed by atoms with Gasteiger partial charge in [0, 0.05) is 25.7 Å². The summed E-state index contributed by atoms with van der Waals surface area (Å²) in [6.45, 7) is 15.6. The Bertz CT molecular complexity index is 710. The van der Waals surface area contributed by atoms with Crippen molar-refractivity contribution in [2.75, 3.05) is 13.2 Å². The molecule has 0 saturated carbocycles. The second-order valence-electron chi connectivity index (χ2n) is 8.45. The molecule has 1 rings (SSSR count). The van der Waals surface area contributed by atoms with E-state index in [1.54, 1.807) is 26.0 Å². The molecule has 0 atom stereocenters. The van der Waals surface area contributed by atoms with Crippen LogP contribution in [-0.4, -0.2) is 26.8 Å².